The summed E-state index contributed by atoms with van der Waals surface area (Å²) >= 11 is 0. The van der Waals surface area contributed by atoms with Crippen molar-refractivity contribution in [1.29, 1.82) is 0 Å². The van der Waals surface area contributed by atoms with Crippen LogP contribution in [0.4, 0.5) is 21.7 Å². The molecule has 0 atom stereocenters. The van der Waals surface area contributed by atoms with Gasteiger partial charge in [-0.25, -0.2) is 14.4 Å². The van der Waals surface area contributed by atoms with E-state index in [0.717, 1.165) is 12.1 Å². The number of aryl methyl sites for hydroxylation is 1. The van der Waals surface area contributed by atoms with E-state index in [2.05, 4.69) is 20.6 Å². The first kappa shape index (κ1) is 15.2. The maximum atomic E-state index is 13.9. The highest BCUT2D eigenvalue weighted by molar-refractivity contribution is 5.63. The minimum atomic E-state index is -0.313. The topological polar surface area (TPSA) is 59.1 Å². The largest absolute Gasteiger partial charge is 0.377 e. The number of benzene rings is 1. The predicted molar refractivity (Wildman–Crippen MR) is 81.3 cm³/mol. The van der Waals surface area contributed by atoms with Crippen molar-refractivity contribution in [3.8, 4) is 0 Å². The molecule has 0 aliphatic carbocycles. The van der Waals surface area contributed by atoms with Crippen molar-refractivity contribution in [3.63, 3.8) is 0 Å². The molecule has 5 nitrogen and oxygen atoms in total. The van der Waals surface area contributed by atoms with Crippen molar-refractivity contribution in [2.24, 2.45) is 0 Å². The normalized spacial score (nSPS) is 10.5. The smallest absolute Gasteiger partial charge is 0.158 e. The molecule has 112 valence electrons. The van der Waals surface area contributed by atoms with Crippen molar-refractivity contribution < 1.29 is 9.13 Å². The highest BCUT2D eigenvalue weighted by Crippen LogP contribution is 2.23. The molecular weight excluding hydrogens is 271 g/mol. The molecule has 6 heteroatoms. The first-order chi connectivity index (χ1) is 10.1. The quantitative estimate of drug-likeness (QED) is 0.855. The number of rotatable bonds is 6. The third kappa shape index (κ3) is 3.88. The van der Waals surface area contributed by atoms with Crippen LogP contribution >= 0.6 is 0 Å². The molecule has 1 aromatic heterocycles. The van der Waals surface area contributed by atoms with Crippen molar-refractivity contribution in [1.82, 2.24) is 9.97 Å². The van der Waals surface area contributed by atoms with Crippen LogP contribution in [0.5, 0.6) is 0 Å². The summed E-state index contributed by atoms with van der Waals surface area (Å²) in [6.45, 7) is 4.85. The SMILES string of the molecule is CCNc1cc(Nc2c(C)cccc2F)nc(COC)n1. The average Bonchev–Trinajstić information content (AvgIpc) is 2.44. The molecule has 0 saturated heterocycles. The minimum absolute atomic E-state index is 0.296. The van der Waals surface area contributed by atoms with Crippen LogP contribution in [-0.4, -0.2) is 23.6 Å². The fraction of sp³-hybridized carbons (Fsp3) is 0.333. The summed E-state index contributed by atoms with van der Waals surface area (Å²) < 4.78 is 18.9. The Morgan fingerprint density at radius 1 is 1.24 bits per heavy atom. The molecule has 0 spiro atoms. The van der Waals surface area contributed by atoms with Crippen LogP contribution in [0.2, 0.25) is 0 Å². The van der Waals surface area contributed by atoms with Gasteiger partial charge in [0.15, 0.2) is 5.82 Å². The highest BCUT2D eigenvalue weighted by Gasteiger charge is 2.09. The van der Waals surface area contributed by atoms with Crippen molar-refractivity contribution >= 4 is 17.3 Å². The summed E-state index contributed by atoms with van der Waals surface area (Å²) in [6, 6.07) is 6.68. The third-order valence-corrected chi connectivity index (χ3v) is 2.88. The molecule has 2 N–H and O–H groups in total. The predicted octanol–water partition coefficient (Wildman–Crippen LogP) is 3.25. The molecule has 0 aliphatic rings. The highest BCUT2D eigenvalue weighted by atomic mass is 19.1. The monoisotopic (exact) mass is 290 g/mol. The first-order valence-corrected chi connectivity index (χ1v) is 6.77. The Kier molecular flexibility index (Phi) is 5.05. The van der Waals surface area contributed by atoms with Crippen molar-refractivity contribution in [2.75, 3.05) is 24.3 Å². The van der Waals surface area contributed by atoms with Crippen LogP contribution in [0.15, 0.2) is 24.3 Å². The molecule has 0 unspecified atom stereocenters. The molecule has 0 fully saturated rings. The van der Waals surface area contributed by atoms with Crippen LogP contribution in [-0.2, 0) is 11.3 Å². The standard InChI is InChI=1S/C15H19FN4O/c1-4-17-12-8-13(19-14(18-12)9-21-3)20-15-10(2)6-5-7-11(15)16/h5-8H,4,9H2,1-3H3,(H2,17,18,19,20). The van der Waals surface area contributed by atoms with Gasteiger partial charge in [0.2, 0.25) is 0 Å². The van der Waals surface area contributed by atoms with E-state index in [-0.39, 0.29) is 5.82 Å². The summed E-state index contributed by atoms with van der Waals surface area (Å²) in [5.41, 5.74) is 1.23. The zero-order valence-corrected chi connectivity index (χ0v) is 12.4. The van der Waals surface area contributed by atoms with Crippen LogP contribution in [0.3, 0.4) is 0 Å². The van der Waals surface area contributed by atoms with Gasteiger partial charge < -0.3 is 15.4 Å². The number of ether oxygens (including phenoxy) is 1. The average molecular weight is 290 g/mol. The molecule has 1 heterocycles. The van der Waals surface area contributed by atoms with Gasteiger partial charge in [0.1, 0.15) is 24.1 Å². The second-order valence-electron chi connectivity index (χ2n) is 4.57. The van der Waals surface area contributed by atoms with Gasteiger partial charge in [-0.15, -0.1) is 0 Å². The van der Waals surface area contributed by atoms with Gasteiger partial charge in [0, 0.05) is 19.7 Å². The van der Waals surface area contributed by atoms with Gasteiger partial charge >= 0.3 is 0 Å². The van der Waals surface area contributed by atoms with Crippen molar-refractivity contribution in [3.05, 3.63) is 41.5 Å². The fourth-order valence-corrected chi connectivity index (χ4v) is 1.94. The number of aromatic nitrogens is 2. The van der Waals surface area contributed by atoms with E-state index < -0.39 is 0 Å². The van der Waals surface area contributed by atoms with E-state index in [1.807, 2.05) is 19.9 Å². The van der Waals surface area contributed by atoms with Gasteiger partial charge in [0.25, 0.3) is 0 Å². The Hall–Kier alpha value is -2.21. The lowest BCUT2D eigenvalue weighted by Crippen LogP contribution is -2.07. The van der Waals surface area contributed by atoms with E-state index in [1.54, 1.807) is 19.2 Å². The van der Waals surface area contributed by atoms with E-state index in [0.29, 0.717) is 29.8 Å². The summed E-state index contributed by atoms with van der Waals surface area (Å²) in [5, 5.41) is 6.14. The van der Waals surface area contributed by atoms with Crippen LogP contribution in [0.1, 0.15) is 18.3 Å². The second-order valence-corrected chi connectivity index (χ2v) is 4.57. The van der Waals surface area contributed by atoms with Gasteiger partial charge in [-0.3, -0.25) is 0 Å². The zero-order chi connectivity index (χ0) is 15.2. The molecule has 0 saturated carbocycles. The Balaban J connectivity index is 2.34. The van der Waals surface area contributed by atoms with Gasteiger partial charge in [-0.2, -0.15) is 0 Å². The summed E-state index contributed by atoms with van der Waals surface area (Å²) in [4.78, 5) is 8.65. The number of halogens is 1. The van der Waals surface area contributed by atoms with Crippen LogP contribution in [0.25, 0.3) is 0 Å². The van der Waals surface area contributed by atoms with Gasteiger partial charge in [-0.1, -0.05) is 12.1 Å². The molecule has 0 aliphatic heterocycles. The molecule has 0 amide bonds. The Labute approximate surface area is 123 Å². The molecule has 21 heavy (non-hydrogen) atoms. The van der Waals surface area contributed by atoms with Crippen LogP contribution in [0, 0.1) is 12.7 Å². The zero-order valence-electron chi connectivity index (χ0n) is 12.4. The fourth-order valence-electron chi connectivity index (χ4n) is 1.94. The second kappa shape index (κ2) is 6.99. The number of methoxy groups -OCH3 is 1. The van der Waals surface area contributed by atoms with Gasteiger partial charge in [0.05, 0.1) is 5.69 Å². The summed E-state index contributed by atoms with van der Waals surface area (Å²) in [6.07, 6.45) is 0. The lowest BCUT2D eigenvalue weighted by molar-refractivity contribution is 0.178. The van der Waals surface area contributed by atoms with Crippen LogP contribution < -0.4 is 10.6 Å². The number of hydrogen-bond acceptors (Lipinski definition) is 5. The van der Waals surface area contributed by atoms with E-state index >= 15 is 0 Å². The van der Waals surface area contributed by atoms with E-state index in [9.17, 15) is 4.39 Å². The lowest BCUT2D eigenvalue weighted by Gasteiger charge is -2.12. The Morgan fingerprint density at radius 2 is 2.00 bits per heavy atom. The molecule has 2 rings (SSSR count). The summed E-state index contributed by atoms with van der Waals surface area (Å²) in [5.74, 6) is 1.43. The number of para-hydroxylation sites is 1. The van der Waals surface area contributed by atoms with Crippen molar-refractivity contribution in [2.45, 2.75) is 20.5 Å². The number of anilines is 3. The van der Waals surface area contributed by atoms with E-state index in [4.69, 9.17) is 4.74 Å². The Morgan fingerprint density at radius 3 is 2.67 bits per heavy atom. The van der Waals surface area contributed by atoms with Gasteiger partial charge in [-0.05, 0) is 25.5 Å². The first-order valence-electron chi connectivity index (χ1n) is 6.77. The molecule has 1 aromatic carbocycles. The number of hydrogen-bond donors (Lipinski definition) is 2. The molecule has 0 bridgehead atoms. The third-order valence-electron chi connectivity index (χ3n) is 2.88. The minimum Gasteiger partial charge on any atom is -0.377 e. The molecular formula is C15H19FN4O. The molecule has 2 aromatic rings. The summed E-state index contributed by atoms with van der Waals surface area (Å²) in [7, 11) is 1.58. The Bertz CT molecular complexity index is 574. The number of nitrogens with one attached hydrogen (secondary N) is 2. The maximum absolute atomic E-state index is 13.9. The molecule has 0 radical (unpaired) electrons. The lowest BCUT2D eigenvalue weighted by atomic mass is 10.2. The maximum Gasteiger partial charge on any atom is 0.158 e. The number of nitrogens with zero attached hydrogens (tertiary/aromatic N) is 2. The van der Waals surface area contributed by atoms with E-state index in [1.165, 1.54) is 6.07 Å².